The Morgan fingerprint density at radius 1 is 1.05 bits per heavy atom. The molecule has 1 aromatic rings. The molecule has 0 N–H and O–H groups in total. The Labute approximate surface area is 121 Å². The summed E-state index contributed by atoms with van der Waals surface area (Å²) >= 11 is 0. The highest BCUT2D eigenvalue weighted by Crippen LogP contribution is 2.27. The molecule has 0 spiro atoms. The van der Waals surface area contributed by atoms with Crippen LogP contribution < -0.4 is 4.74 Å². The van der Waals surface area contributed by atoms with Crippen LogP contribution in [0.1, 0.15) is 56.1 Å². The third-order valence-electron chi connectivity index (χ3n) is 4.75. The molecule has 0 heterocycles. The maximum Gasteiger partial charge on any atom is 0.139 e. The summed E-state index contributed by atoms with van der Waals surface area (Å²) in [6, 6.07) is 6.43. The van der Waals surface area contributed by atoms with Crippen LogP contribution in [0.15, 0.2) is 18.2 Å². The van der Waals surface area contributed by atoms with Crippen LogP contribution in [0.25, 0.3) is 0 Å². The van der Waals surface area contributed by atoms with E-state index in [2.05, 4.69) is 18.2 Å². The van der Waals surface area contributed by atoms with Crippen molar-refractivity contribution in [3.8, 4) is 5.75 Å². The summed E-state index contributed by atoms with van der Waals surface area (Å²) in [6.45, 7) is 0.536. The number of Topliss-reactive ketones (excluding diaryl/α,β-unsaturated/α-hetero) is 1. The Hall–Kier alpha value is -1.31. The van der Waals surface area contributed by atoms with Crippen molar-refractivity contribution in [3.63, 3.8) is 0 Å². The first-order chi connectivity index (χ1) is 9.83. The molecule has 1 aromatic carbocycles. The van der Waals surface area contributed by atoms with Crippen molar-refractivity contribution < 1.29 is 9.53 Å². The topological polar surface area (TPSA) is 26.3 Å². The fourth-order valence-electron chi connectivity index (χ4n) is 3.52. The fourth-order valence-corrected chi connectivity index (χ4v) is 3.52. The summed E-state index contributed by atoms with van der Waals surface area (Å²) in [7, 11) is 0. The van der Waals surface area contributed by atoms with Gasteiger partial charge in [-0.25, -0.2) is 0 Å². The quantitative estimate of drug-likeness (QED) is 0.807. The Morgan fingerprint density at radius 3 is 2.60 bits per heavy atom. The van der Waals surface area contributed by atoms with Crippen molar-refractivity contribution in [2.45, 2.75) is 57.8 Å². The van der Waals surface area contributed by atoms with Crippen LogP contribution in [0.3, 0.4) is 0 Å². The molecule has 1 fully saturated rings. The van der Waals surface area contributed by atoms with Gasteiger partial charge >= 0.3 is 0 Å². The SMILES string of the molecule is O=C(CCOc1ccc2c(c1)CCCC2)C1CCCC1. The van der Waals surface area contributed by atoms with Crippen molar-refractivity contribution >= 4 is 5.78 Å². The lowest BCUT2D eigenvalue weighted by molar-refractivity contribution is -0.123. The number of rotatable bonds is 5. The zero-order valence-electron chi connectivity index (χ0n) is 12.2. The van der Waals surface area contributed by atoms with Gasteiger partial charge in [0.05, 0.1) is 6.61 Å². The van der Waals surface area contributed by atoms with Gasteiger partial charge in [0.15, 0.2) is 0 Å². The molecular formula is C18H24O2. The van der Waals surface area contributed by atoms with Crippen LogP contribution in [0, 0.1) is 5.92 Å². The predicted molar refractivity (Wildman–Crippen MR) is 80.2 cm³/mol. The van der Waals surface area contributed by atoms with Crippen molar-refractivity contribution in [1.29, 1.82) is 0 Å². The average molecular weight is 272 g/mol. The molecule has 108 valence electrons. The molecule has 3 rings (SSSR count). The summed E-state index contributed by atoms with van der Waals surface area (Å²) in [5.41, 5.74) is 2.92. The molecule has 0 atom stereocenters. The highest BCUT2D eigenvalue weighted by molar-refractivity contribution is 5.81. The summed E-state index contributed by atoms with van der Waals surface area (Å²) in [5.74, 6) is 1.66. The largest absolute Gasteiger partial charge is 0.493 e. The minimum atomic E-state index is 0.321. The van der Waals surface area contributed by atoms with E-state index in [0.717, 1.165) is 18.6 Å². The minimum absolute atomic E-state index is 0.321. The molecule has 1 saturated carbocycles. The van der Waals surface area contributed by atoms with Gasteiger partial charge in [0.1, 0.15) is 11.5 Å². The van der Waals surface area contributed by atoms with Gasteiger partial charge in [-0.15, -0.1) is 0 Å². The second kappa shape index (κ2) is 6.43. The molecule has 2 heteroatoms. The Balaban J connectivity index is 1.49. The van der Waals surface area contributed by atoms with Crippen molar-refractivity contribution in [1.82, 2.24) is 0 Å². The van der Waals surface area contributed by atoms with E-state index < -0.39 is 0 Å². The van der Waals surface area contributed by atoms with E-state index in [9.17, 15) is 4.79 Å². The number of hydrogen-bond donors (Lipinski definition) is 0. The van der Waals surface area contributed by atoms with E-state index >= 15 is 0 Å². The Bertz CT molecular complexity index is 472. The van der Waals surface area contributed by atoms with Crippen LogP contribution in [0.5, 0.6) is 5.75 Å². The van der Waals surface area contributed by atoms with Gasteiger partial charge in [-0.2, -0.15) is 0 Å². The van der Waals surface area contributed by atoms with Gasteiger partial charge in [-0.05, 0) is 61.8 Å². The van der Waals surface area contributed by atoms with E-state index in [4.69, 9.17) is 4.74 Å². The molecule has 0 saturated heterocycles. The highest BCUT2D eigenvalue weighted by Gasteiger charge is 2.22. The lowest BCUT2D eigenvalue weighted by Gasteiger charge is -2.17. The number of fused-ring (bicyclic) bond motifs is 1. The first kappa shape index (κ1) is 13.7. The number of carbonyl (C=O) groups is 1. The van der Waals surface area contributed by atoms with E-state index in [-0.39, 0.29) is 0 Å². The summed E-state index contributed by atoms with van der Waals surface area (Å²) in [4.78, 5) is 12.0. The molecular weight excluding hydrogens is 248 g/mol. The van der Waals surface area contributed by atoms with E-state index in [1.807, 2.05) is 0 Å². The first-order valence-corrected chi connectivity index (χ1v) is 8.10. The van der Waals surface area contributed by atoms with Gasteiger partial charge in [0, 0.05) is 12.3 Å². The van der Waals surface area contributed by atoms with E-state index in [0.29, 0.717) is 24.7 Å². The second-order valence-corrected chi connectivity index (χ2v) is 6.18. The molecule has 0 aliphatic heterocycles. The minimum Gasteiger partial charge on any atom is -0.493 e. The van der Waals surface area contributed by atoms with Crippen molar-refractivity contribution in [3.05, 3.63) is 29.3 Å². The van der Waals surface area contributed by atoms with Crippen LogP contribution in [-0.2, 0) is 17.6 Å². The van der Waals surface area contributed by atoms with E-state index in [1.165, 1.54) is 49.7 Å². The normalized spacial score (nSPS) is 18.8. The fraction of sp³-hybridized carbons (Fsp3) is 0.611. The molecule has 0 aromatic heterocycles. The number of hydrogen-bond acceptors (Lipinski definition) is 2. The maximum absolute atomic E-state index is 12.0. The van der Waals surface area contributed by atoms with Crippen molar-refractivity contribution in [2.75, 3.05) is 6.61 Å². The monoisotopic (exact) mass is 272 g/mol. The molecule has 20 heavy (non-hydrogen) atoms. The van der Waals surface area contributed by atoms with Gasteiger partial charge in [0.2, 0.25) is 0 Å². The molecule has 2 nitrogen and oxygen atoms in total. The van der Waals surface area contributed by atoms with Crippen LogP contribution in [0.2, 0.25) is 0 Å². The molecule has 2 aliphatic carbocycles. The molecule has 2 aliphatic rings. The summed E-state index contributed by atoms with van der Waals surface area (Å²) in [6.07, 6.45) is 10.2. The predicted octanol–water partition coefficient (Wildman–Crippen LogP) is 4.09. The third kappa shape index (κ3) is 3.23. The molecule has 0 bridgehead atoms. The van der Waals surface area contributed by atoms with Gasteiger partial charge in [-0.1, -0.05) is 18.9 Å². The summed E-state index contributed by atoms with van der Waals surface area (Å²) in [5, 5.41) is 0. The highest BCUT2D eigenvalue weighted by atomic mass is 16.5. The Morgan fingerprint density at radius 2 is 1.80 bits per heavy atom. The molecule has 0 unspecified atom stereocenters. The molecule has 0 radical (unpaired) electrons. The number of benzene rings is 1. The zero-order chi connectivity index (χ0) is 13.8. The molecule has 0 amide bonds. The van der Waals surface area contributed by atoms with Gasteiger partial charge in [-0.3, -0.25) is 4.79 Å². The lowest BCUT2D eigenvalue weighted by atomic mass is 9.92. The van der Waals surface area contributed by atoms with Gasteiger partial charge < -0.3 is 4.74 Å². The average Bonchev–Trinajstić information content (AvgIpc) is 3.01. The Kier molecular flexibility index (Phi) is 4.39. The van der Waals surface area contributed by atoms with Crippen LogP contribution in [0.4, 0.5) is 0 Å². The maximum atomic E-state index is 12.0. The zero-order valence-corrected chi connectivity index (χ0v) is 12.2. The smallest absolute Gasteiger partial charge is 0.139 e. The van der Waals surface area contributed by atoms with E-state index in [1.54, 1.807) is 0 Å². The number of carbonyl (C=O) groups excluding carboxylic acids is 1. The lowest BCUT2D eigenvalue weighted by Crippen LogP contribution is -2.14. The number of ketones is 1. The number of aryl methyl sites for hydroxylation is 2. The first-order valence-electron chi connectivity index (χ1n) is 8.10. The van der Waals surface area contributed by atoms with Crippen molar-refractivity contribution in [2.24, 2.45) is 5.92 Å². The van der Waals surface area contributed by atoms with Crippen LogP contribution >= 0.6 is 0 Å². The summed E-state index contributed by atoms with van der Waals surface area (Å²) < 4.78 is 5.78. The number of ether oxygens (including phenoxy) is 1. The second-order valence-electron chi connectivity index (χ2n) is 6.18. The third-order valence-corrected chi connectivity index (χ3v) is 4.75. The van der Waals surface area contributed by atoms with Gasteiger partial charge in [0.25, 0.3) is 0 Å². The van der Waals surface area contributed by atoms with Crippen LogP contribution in [-0.4, -0.2) is 12.4 Å². The standard InChI is InChI=1S/C18H24O2/c19-18(15-6-2-3-7-15)11-12-20-17-10-9-14-5-1-4-8-16(14)13-17/h9-10,13,15H,1-8,11-12H2.